The van der Waals surface area contributed by atoms with Crippen molar-refractivity contribution in [3.63, 3.8) is 0 Å². The van der Waals surface area contributed by atoms with Gasteiger partial charge in [0.25, 0.3) is 0 Å². The molecule has 1 aromatic carbocycles. The molecule has 0 spiro atoms. The molecule has 1 aromatic heterocycles. The molecule has 0 amide bonds. The molecule has 2 aromatic rings. The summed E-state index contributed by atoms with van der Waals surface area (Å²) in [6.07, 6.45) is 2.27. The molecule has 3 unspecified atom stereocenters. The van der Waals surface area contributed by atoms with Crippen LogP contribution in [-0.2, 0) is 6.54 Å². The molecule has 2 N–H and O–H groups in total. The van der Waals surface area contributed by atoms with E-state index in [4.69, 9.17) is 0 Å². The quantitative estimate of drug-likeness (QED) is 0.847. The summed E-state index contributed by atoms with van der Waals surface area (Å²) in [6.45, 7) is 5.65. The highest BCUT2D eigenvalue weighted by Crippen LogP contribution is 2.20. The van der Waals surface area contributed by atoms with E-state index in [0.717, 1.165) is 37.3 Å². The van der Waals surface area contributed by atoms with E-state index in [1.807, 2.05) is 18.3 Å². The van der Waals surface area contributed by atoms with E-state index in [1.54, 1.807) is 12.1 Å². The highest BCUT2D eigenvalue weighted by molar-refractivity contribution is 5.18. The maximum absolute atomic E-state index is 13.0. The second-order valence-electron chi connectivity index (χ2n) is 6.90. The first-order valence-electron chi connectivity index (χ1n) is 8.91. The van der Waals surface area contributed by atoms with E-state index in [1.165, 1.54) is 12.1 Å². The number of nitrogens with zero attached hydrogens (tertiary/aromatic N) is 2. The highest BCUT2D eigenvalue weighted by Gasteiger charge is 2.26. The molecule has 1 fully saturated rings. The molecule has 0 aliphatic carbocycles. The molecule has 1 aliphatic rings. The van der Waals surface area contributed by atoms with Gasteiger partial charge in [-0.1, -0.05) is 25.1 Å². The number of halogens is 1. The lowest BCUT2D eigenvalue weighted by atomic mass is 9.93. The topological polar surface area (TPSA) is 48.4 Å². The molecule has 1 aliphatic heterocycles. The predicted octanol–water partition coefficient (Wildman–Crippen LogP) is 2.75. The van der Waals surface area contributed by atoms with Crippen LogP contribution in [-0.4, -0.2) is 40.7 Å². The molecule has 2 heterocycles. The number of aliphatic hydroxyl groups excluding tert-OH is 1. The smallest absolute Gasteiger partial charge is 0.123 e. The van der Waals surface area contributed by atoms with Crippen LogP contribution in [0, 0.1) is 11.7 Å². The maximum atomic E-state index is 13.0. The first-order valence-corrected chi connectivity index (χ1v) is 8.91. The number of hydrogen-bond donors (Lipinski definition) is 2. The largest absolute Gasteiger partial charge is 0.387 e. The van der Waals surface area contributed by atoms with E-state index in [9.17, 15) is 9.50 Å². The first-order chi connectivity index (χ1) is 12.1. The summed E-state index contributed by atoms with van der Waals surface area (Å²) in [5.41, 5.74) is 1.85. The number of aromatic nitrogens is 1. The van der Waals surface area contributed by atoms with E-state index in [2.05, 4.69) is 28.2 Å². The van der Waals surface area contributed by atoms with Gasteiger partial charge in [0.1, 0.15) is 5.82 Å². The second-order valence-corrected chi connectivity index (χ2v) is 6.90. The Bertz CT molecular complexity index is 650. The number of piperidine rings is 1. The van der Waals surface area contributed by atoms with Gasteiger partial charge < -0.3 is 10.4 Å². The minimum absolute atomic E-state index is 0.280. The molecule has 4 nitrogen and oxygen atoms in total. The summed E-state index contributed by atoms with van der Waals surface area (Å²) in [5, 5.41) is 13.8. The fourth-order valence-corrected chi connectivity index (χ4v) is 3.47. The van der Waals surface area contributed by atoms with Crippen molar-refractivity contribution in [3.05, 3.63) is 65.7 Å². The van der Waals surface area contributed by atoms with Crippen LogP contribution in [0.25, 0.3) is 0 Å². The van der Waals surface area contributed by atoms with Gasteiger partial charge in [-0.05, 0) is 42.2 Å². The zero-order valence-corrected chi connectivity index (χ0v) is 14.6. The van der Waals surface area contributed by atoms with E-state index < -0.39 is 6.10 Å². The molecule has 134 valence electrons. The van der Waals surface area contributed by atoms with Gasteiger partial charge in [-0.3, -0.25) is 9.88 Å². The summed E-state index contributed by atoms with van der Waals surface area (Å²) in [7, 11) is 0. The van der Waals surface area contributed by atoms with Gasteiger partial charge in [-0.2, -0.15) is 0 Å². The Labute approximate surface area is 148 Å². The van der Waals surface area contributed by atoms with Gasteiger partial charge in [0.05, 0.1) is 11.8 Å². The molecule has 3 rings (SSSR count). The predicted molar refractivity (Wildman–Crippen MR) is 96.4 cm³/mol. The minimum atomic E-state index is -0.612. The van der Waals surface area contributed by atoms with Crippen molar-refractivity contribution >= 4 is 0 Å². The zero-order chi connectivity index (χ0) is 17.6. The Morgan fingerprint density at radius 3 is 2.76 bits per heavy atom. The Balaban J connectivity index is 1.46. The normalized spacial score (nSPS) is 22.7. The summed E-state index contributed by atoms with van der Waals surface area (Å²) < 4.78 is 13.0. The van der Waals surface area contributed by atoms with Crippen LogP contribution in [0.5, 0.6) is 0 Å². The Kier molecular flexibility index (Phi) is 6.13. The summed E-state index contributed by atoms with van der Waals surface area (Å²) >= 11 is 0. The van der Waals surface area contributed by atoms with E-state index in [-0.39, 0.29) is 5.82 Å². The molecule has 0 saturated carbocycles. The van der Waals surface area contributed by atoms with Crippen molar-refractivity contribution in [2.45, 2.75) is 32.0 Å². The third-order valence-electron chi connectivity index (χ3n) is 4.93. The number of nitrogens with one attached hydrogen (secondary N) is 1. The molecule has 3 atom stereocenters. The standard InChI is InChI=1S/C20H26FN3O/c1-15-13-24(14-18-4-2-3-10-22-18)11-9-19(15)23-12-20(25)16-5-7-17(21)8-6-16/h2-8,10,15,19-20,23,25H,9,11-14H2,1H3. The van der Waals surface area contributed by atoms with Crippen molar-refractivity contribution in [1.82, 2.24) is 15.2 Å². The van der Waals surface area contributed by atoms with Crippen molar-refractivity contribution in [2.75, 3.05) is 19.6 Å². The van der Waals surface area contributed by atoms with Crippen LogP contribution in [0.1, 0.15) is 30.7 Å². The van der Waals surface area contributed by atoms with Crippen molar-refractivity contribution in [1.29, 1.82) is 0 Å². The fraction of sp³-hybridized carbons (Fsp3) is 0.450. The lowest BCUT2D eigenvalue weighted by Gasteiger charge is -2.37. The molecule has 0 radical (unpaired) electrons. The monoisotopic (exact) mass is 343 g/mol. The van der Waals surface area contributed by atoms with Gasteiger partial charge >= 0.3 is 0 Å². The first kappa shape index (κ1) is 18.0. The average molecular weight is 343 g/mol. The van der Waals surface area contributed by atoms with Gasteiger partial charge in [-0.15, -0.1) is 0 Å². The summed E-state index contributed by atoms with van der Waals surface area (Å²) in [5.74, 6) is 0.218. The van der Waals surface area contributed by atoms with E-state index in [0.29, 0.717) is 18.5 Å². The van der Waals surface area contributed by atoms with Crippen LogP contribution in [0.3, 0.4) is 0 Å². The third kappa shape index (κ3) is 5.08. The lowest BCUT2D eigenvalue weighted by Crippen LogP contribution is -2.48. The minimum Gasteiger partial charge on any atom is -0.387 e. The average Bonchev–Trinajstić information content (AvgIpc) is 2.62. The molecule has 25 heavy (non-hydrogen) atoms. The maximum Gasteiger partial charge on any atom is 0.123 e. The molecule has 5 heteroatoms. The number of pyridine rings is 1. The molecule has 1 saturated heterocycles. The van der Waals surface area contributed by atoms with Gasteiger partial charge in [0, 0.05) is 38.4 Å². The van der Waals surface area contributed by atoms with Gasteiger partial charge in [0.15, 0.2) is 0 Å². The SMILES string of the molecule is CC1CN(Cc2ccccn2)CCC1NCC(O)c1ccc(F)cc1. The Morgan fingerprint density at radius 2 is 2.08 bits per heavy atom. The van der Waals surface area contributed by atoms with Crippen LogP contribution in [0.15, 0.2) is 48.7 Å². The van der Waals surface area contributed by atoms with Crippen LogP contribution in [0.4, 0.5) is 4.39 Å². The van der Waals surface area contributed by atoms with Crippen LogP contribution < -0.4 is 5.32 Å². The number of aliphatic hydroxyl groups is 1. The second kappa shape index (κ2) is 8.52. The molecule has 0 bridgehead atoms. The number of rotatable bonds is 6. The lowest BCUT2D eigenvalue weighted by molar-refractivity contribution is 0.119. The Hall–Kier alpha value is -1.82. The van der Waals surface area contributed by atoms with Gasteiger partial charge in [0.2, 0.25) is 0 Å². The summed E-state index contributed by atoms with van der Waals surface area (Å²) in [4.78, 5) is 6.83. The molecular weight excluding hydrogens is 317 g/mol. The third-order valence-corrected chi connectivity index (χ3v) is 4.93. The number of benzene rings is 1. The Morgan fingerprint density at radius 1 is 1.28 bits per heavy atom. The van der Waals surface area contributed by atoms with Gasteiger partial charge in [-0.25, -0.2) is 4.39 Å². The van der Waals surface area contributed by atoms with Crippen molar-refractivity contribution in [3.8, 4) is 0 Å². The number of hydrogen-bond acceptors (Lipinski definition) is 4. The van der Waals surface area contributed by atoms with Crippen molar-refractivity contribution in [2.24, 2.45) is 5.92 Å². The van der Waals surface area contributed by atoms with E-state index >= 15 is 0 Å². The fourth-order valence-electron chi connectivity index (χ4n) is 3.47. The number of likely N-dealkylation sites (tertiary alicyclic amines) is 1. The zero-order valence-electron chi connectivity index (χ0n) is 14.6. The van der Waals surface area contributed by atoms with Crippen molar-refractivity contribution < 1.29 is 9.50 Å². The van der Waals surface area contributed by atoms with Crippen LogP contribution in [0.2, 0.25) is 0 Å². The highest BCUT2D eigenvalue weighted by atomic mass is 19.1. The summed E-state index contributed by atoms with van der Waals surface area (Å²) in [6, 6.07) is 12.5. The van der Waals surface area contributed by atoms with Crippen LogP contribution >= 0.6 is 0 Å². The molecular formula is C20H26FN3O.